The smallest absolute Gasteiger partial charge is 0.374 e. The minimum Gasteiger partial charge on any atom is -0.374 e. The SMILES string of the molecule is Cn1ccnc1[C@@](O)(CC(=O)NCC1(N2CCSCC2)CCCC1)C(F)(F)F. The standard InChI is InChI=1S/C18H27F3N4O2S/c1-24-7-6-22-15(24)17(27,18(19,20)21)12-14(26)23-13-16(4-2-3-5-16)25-8-10-28-11-9-25/h6-7,27H,2-5,8-13H2,1H3,(H,23,26)/t17-/m0/s1. The second-order valence-corrected chi connectivity index (χ2v) is 8.93. The van der Waals surface area contributed by atoms with Gasteiger partial charge in [0.1, 0.15) is 0 Å². The van der Waals surface area contributed by atoms with Gasteiger partial charge in [-0.3, -0.25) is 9.69 Å². The van der Waals surface area contributed by atoms with E-state index in [1.54, 1.807) is 0 Å². The number of nitrogens with zero attached hydrogens (tertiary/aromatic N) is 3. The molecule has 0 aromatic carbocycles. The number of rotatable bonds is 6. The molecule has 1 aromatic heterocycles. The maximum atomic E-state index is 13.6. The first-order chi connectivity index (χ1) is 13.2. The molecule has 1 aliphatic heterocycles. The third-order valence-corrected chi connectivity index (χ3v) is 6.85. The number of carbonyl (C=O) groups is 1. The summed E-state index contributed by atoms with van der Waals surface area (Å²) in [4.78, 5) is 18.5. The average molecular weight is 421 g/mol. The Kier molecular flexibility index (Phi) is 6.31. The van der Waals surface area contributed by atoms with Crippen LogP contribution < -0.4 is 5.32 Å². The number of halogens is 3. The Bertz CT molecular complexity index is 685. The fourth-order valence-corrected chi connectivity index (χ4v) is 5.21. The molecule has 1 aromatic rings. The molecule has 1 aliphatic carbocycles. The number of thioether (sulfide) groups is 1. The van der Waals surface area contributed by atoms with Gasteiger partial charge in [0.25, 0.3) is 0 Å². The van der Waals surface area contributed by atoms with Crippen molar-refractivity contribution in [2.24, 2.45) is 7.05 Å². The lowest BCUT2D eigenvalue weighted by Gasteiger charge is -2.43. The topological polar surface area (TPSA) is 70.4 Å². The zero-order chi connectivity index (χ0) is 20.4. The van der Waals surface area contributed by atoms with E-state index in [2.05, 4.69) is 15.2 Å². The molecule has 2 fully saturated rings. The predicted molar refractivity (Wildman–Crippen MR) is 101 cm³/mol. The summed E-state index contributed by atoms with van der Waals surface area (Å²) in [6.07, 6.45) is 0.337. The van der Waals surface area contributed by atoms with E-state index in [-0.39, 0.29) is 5.54 Å². The molecule has 1 amide bonds. The lowest BCUT2D eigenvalue weighted by Crippen LogP contribution is -2.57. The average Bonchev–Trinajstić information content (AvgIpc) is 3.30. The van der Waals surface area contributed by atoms with E-state index in [0.29, 0.717) is 6.54 Å². The second kappa shape index (κ2) is 8.23. The molecule has 0 spiro atoms. The van der Waals surface area contributed by atoms with Gasteiger partial charge in [0, 0.05) is 56.1 Å². The highest BCUT2D eigenvalue weighted by molar-refractivity contribution is 7.99. The van der Waals surface area contributed by atoms with Crippen LogP contribution in [0.25, 0.3) is 0 Å². The van der Waals surface area contributed by atoms with Gasteiger partial charge in [0.15, 0.2) is 5.82 Å². The van der Waals surface area contributed by atoms with E-state index in [1.807, 2.05) is 11.8 Å². The molecule has 1 saturated carbocycles. The van der Waals surface area contributed by atoms with Gasteiger partial charge in [-0.1, -0.05) is 12.8 Å². The maximum Gasteiger partial charge on any atom is 0.425 e. The van der Waals surface area contributed by atoms with Crippen LogP contribution in [0.5, 0.6) is 0 Å². The summed E-state index contributed by atoms with van der Waals surface area (Å²) in [6.45, 7) is 2.17. The van der Waals surface area contributed by atoms with Crippen LogP contribution in [0.3, 0.4) is 0 Å². The lowest BCUT2D eigenvalue weighted by molar-refractivity contribution is -0.271. The lowest BCUT2D eigenvalue weighted by atomic mass is 9.93. The number of carbonyl (C=O) groups excluding carboxylic acids is 1. The zero-order valence-electron chi connectivity index (χ0n) is 16.0. The van der Waals surface area contributed by atoms with Crippen molar-refractivity contribution in [1.82, 2.24) is 19.8 Å². The number of amides is 1. The van der Waals surface area contributed by atoms with Crippen molar-refractivity contribution in [3.8, 4) is 0 Å². The third kappa shape index (κ3) is 4.18. The van der Waals surface area contributed by atoms with E-state index in [4.69, 9.17) is 0 Å². The summed E-state index contributed by atoms with van der Waals surface area (Å²) in [6, 6.07) is 0. The summed E-state index contributed by atoms with van der Waals surface area (Å²) in [5.41, 5.74) is -3.50. The maximum absolute atomic E-state index is 13.6. The Labute approximate surface area is 166 Å². The van der Waals surface area contributed by atoms with Crippen molar-refractivity contribution >= 4 is 17.7 Å². The fourth-order valence-electron chi connectivity index (χ4n) is 4.30. The Morgan fingerprint density at radius 1 is 1.32 bits per heavy atom. The summed E-state index contributed by atoms with van der Waals surface area (Å²) in [5.74, 6) is 0.657. The Hall–Kier alpha value is -1.26. The summed E-state index contributed by atoms with van der Waals surface area (Å²) < 4.78 is 42.0. The van der Waals surface area contributed by atoms with Crippen molar-refractivity contribution < 1.29 is 23.1 Å². The highest BCUT2D eigenvalue weighted by Crippen LogP contribution is 2.41. The van der Waals surface area contributed by atoms with Crippen molar-refractivity contribution in [2.75, 3.05) is 31.1 Å². The Balaban J connectivity index is 1.70. The molecule has 0 bridgehead atoms. The second-order valence-electron chi connectivity index (χ2n) is 7.70. The van der Waals surface area contributed by atoms with E-state index in [1.165, 1.54) is 19.4 Å². The van der Waals surface area contributed by atoms with Gasteiger partial charge >= 0.3 is 6.18 Å². The summed E-state index contributed by atoms with van der Waals surface area (Å²) in [5, 5.41) is 13.1. The van der Waals surface area contributed by atoms with Gasteiger partial charge in [-0.05, 0) is 12.8 Å². The van der Waals surface area contributed by atoms with Crippen LogP contribution in [0, 0.1) is 0 Å². The highest BCUT2D eigenvalue weighted by Gasteiger charge is 2.58. The molecule has 0 unspecified atom stereocenters. The van der Waals surface area contributed by atoms with Crippen molar-refractivity contribution in [3.05, 3.63) is 18.2 Å². The quantitative estimate of drug-likeness (QED) is 0.737. The highest BCUT2D eigenvalue weighted by atomic mass is 32.2. The number of hydrogen-bond acceptors (Lipinski definition) is 5. The number of imidazole rings is 1. The zero-order valence-corrected chi connectivity index (χ0v) is 16.8. The molecule has 1 atom stereocenters. The van der Waals surface area contributed by atoms with Gasteiger partial charge in [-0.15, -0.1) is 0 Å². The van der Waals surface area contributed by atoms with Crippen LogP contribution in [-0.2, 0) is 17.4 Å². The molecule has 3 rings (SSSR count). The molecule has 2 N–H and O–H groups in total. The first kappa shape index (κ1) is 21.4. The normalized spacial score (nSPS) is 22.8. The monoisotopic (exact) mass is 420 g/mol. The third-order valence-electron chi connectivity index (χ3n) is 5.91. The van der Waals surface area contributed by atoms with E-state index in [9.17, 15) is 23.1 Å². The molecule has 1 saturated heterocycles. The van der Waals surface area contributed by atoms with Crippen LogP contribution in [0.2, 0.25) is 0 Å². The molecule has 2 heterocycles. The van der Waals surface area contributed by atoms with E-state index >= 15 is 0 Å². The number of alkyl halides is 3. The van der Waals surface area contributed by atoms with Gasteiger partial charge in [-0.25, -0.2) is 4.98 Å². The first-order valence-corrected chi connectivity index (χ1v) is 10.7. The number of hydrogen-bond donors (Lipinski definition) is 2. The largest absolute Gasteiger partial charge is 0.425 e. The minimum absolute atomic E-state index is 0.184. The van der Waals surface area contributed by atoms with Gasteiger partial charge in [0.2, 0.25) is 11.5 Å². The van der Waals surface area contributed by atoms with Gasteiger partial charge in [-0.2, -0.15) is 24.9 Å². The summed E-state index contributed by atoms with van der Waals surface area (Å²) >= 11 is 1.89. The predicted octanol–water partition coefficient (Wildman–Crippen LogP) is 2.04. The minimum atomic E-state index is -5.02. The number of nitrogens with one attached hydrogen (secondary N) is 1. The van der Waals surface area contributed by atoms with Crippen LogP contribution in [0.15, 0.2) is 12.4 Å². The Morgan fingerprint density at radius 2 is 1.96 bits per heavy atom. The fraction of sp³-hybridized carbons (Fsp3) is 0.778. The number of aryl methyl sites for hydroxylation is 1. The number of aliphatic hydroxyl groups is 1. The van der Waals surface area contributed by atoms with Crippen LogP contribution >= 0.6 is 11.8 Å². The summed E-state index contributed by atoms with van der Waals surface area (Å²) in [7, 11) is 1.36. The van der Waals surface area contributed by atoms with Crippen LogP contribution in [-0.4, -0.2) is 68.3 Å². The molecule has 28 heavy (non-hydrogen) atoms. The van der Waals surface area contributed by atoms with Gasteiger partial charge < -0.3 is 15.0 Å². The van der Waals surface area contributed by atoms with Crippen molar-refractivity contribution in [2.45, 2.75) is 49.4 Å². The van der Waals surface area contributed by atoms with Crippen LogP contribution in [0.1, 0.15) is 37.9 Å². The molecule has 10 heteroatoms. The van der Waals surface area contributed by atoms with E-state index < -0.39 is 29.9 Å². The molecule has 6 nitrogen and oxygen atoms in total. The van der Waals surface area contributed by atoms with E-state index in [0.717, 1.165) is 54.8 Å². The first-order valence-electron chi connectivity index (χ1n) is 9.54. The van der Waals surface area contributed by atoms with Crippen molar-refractivity contribution in [1.29, 1.82) is 0 Å². The number of aromatic nitrogens is 2. The molecule has 2 aliphatic rings. The Morgan fingerprint density at radius 3 is 2.50 bits per heavy atom. The van der Waals surface area contributed by atoms with Crippen LogP contribution in [0.4, 0.5) is 13.2 Å². The molecule has 158 valence electrons. The molecular weight excluding hydrogens is 393 g/mol. The van der Waals surface area contributed by atoms with Gasteiger partial charge in [0.05, 0.1) is 6.42 Å². The van der Waals surface area contributed by atoms with Crippen molar-refractivity contribution in [3.63, 3.8) is 0 Å². The molecular formula is C18H27F3N4O2S. The molecule has 0 radical (unpaired) electrons.